The molecule has 0 aliphatic carbocycles. The zero-order chi connectivity index (χ0) is 14.4. The van der Waals surface area contributed by atoms with E-state index in [0.717, 1.165) is 5.57 Å². The summed E-state index contributed by atoms with van der Waals surface area (Å²) in [4.78, 5) is 10.8. The van der Waals surface area contributed by atoms with Crippen molar-refractivity contribution in [1.29, 1.82) is 0 Å². The highest BCUT2D eigenvalue weighted by Crippen LogP contribution is 2.32. The Labute approximate surface area is 115 Å². The number of allylic oxidation sites excluding steroid dienone is 5. The lowest BCUT2D eigenvalue weighted by Crippen LogP contribution is -2.37. The van der Waals surface area contributed by atoms with Gasteiger partial charge in [-0.2, -0.15) is 0 Å². The van der Waals surface area contributed by atoms with Gasteiger partial charge in [-0.25, -0.2) is 4.21 Å². The minimum Gasteiger partial charge on any atom is -0.481 e. The van der Waals surface area contributed by atoms with Gasteiger partial charge in [0.15, 0.2) is 0 Å². The van der Waals surface area contributed by atoms with Gasteiger partial charge in [0, 0.05) is 6.54 Å². The highest BCUT2D eigenvalue weighted by atomic mass is 32.2. The second-order valence-electron chi connectivity index (χ2n) is 4.18. The van der Waals surface area contributed by atoms with E-state index >= 15 is 0 Å². The Kier molecular flexibility index (Phi) is 5.72. The van der Waals surface area contributed by atoms with Gasteiger partial charge in [-0.15, -0.1) is 0 Å². The minimum atomic E-state index is -2.19. The molecule has 104 valence electrons. The summed E-state index contributed by atoms with van der Waals surface area (Å²) in [5.41, 5.74) is 1.37. The molecule has 0 bridgehead atoms. The summed E-state index contributed by atoms with van der Waals surface area (Å²) in [5.74, 6) is -1.12. The van der Waals surface area contributed by atoms with Crippen molar-refractivity contribution < 1.29 is 18.7 Å². The van der Waals surface area contributed by atoms with Crippen LogP contribution in [0, 0.1) is 5.92 Å². The molecule has 1 fully saturated rings. The number of carboxylic acids is 1. The molecule has 0 aromatic carbocycles. The van der Waals surface area contributed by atoms with Crippen molar-refractivity contribution in [2.45, 2.75) is 12.8 Å². The first-order valence-corrected chi connectivity index (χ1v) is 6.81. The number of hydrogen-bond donors (Lipinski definition) is 2. The smallest absolute Gasteiger partial charge is 0.303 e. The molecule has 19 heavy (non-hydrogen) atoms. The Hall–Kier alpha value is -1.66. The quantitative estimate of drug-likeness (QED) is 0.757. The Balaban J connectivity index is 3.11. The fourth-order valence-corrected chi connectivity index (χ4v) is 2.79. The van der Waals surface area contributed by atoms with Gasteiger partial charge in [-0.05, 0) is 24.0 Å². The maximum Gasteiger partial charge on any atom is 0.303 e. The molecule has 1 aliphatic heterocycles. The zero-order valence-electron chi connectivity index (χ0n) is 10.5. The second kappa shape index (κ2) is 7.06. The van der Waals surface area contributed by atoms with Crippen molar-refractivity contribution in [3.8, 4) is 0 Å². The molecule has 1 rings (SSSR count). The molecule has 0 saturated carbocycles. The zero-order valence-corrected chi connectivity index (χ0v) is 11.3. The SMILES string of the molecule is C=C/C=C1/C[C@@H](CC(=O)O)CN(S(=O)O)/C1=C/C=C. The highest BCUT2D eigenvalue weighted by Gasteiger charge is 2.30. The number of aliphatic carboxylic acids is 1. The first kappa shape index (κ1) is 15.4. The Bertz CT molecular complexity index is 467. The molecule has 0 radical (unpaired) electrons. The molecule has 0 aromatic rings. The number of rotatable bonds is 5. The molecule has 1 aliphatic rings. The third-order valence-corrected chi connectivity index (χ3v) is 3.50. The Morgan fingerprint density at radius 2 is 2.05 bits per heavy atom. The van der Waals surface area contributed by atoms with Crippen molar-refractivity contribution in [2.75, 3.05) is 6.54 Å². The third-order valence-electron chi connectivity index (χ3n) is 2.78. The van der Waals surface area contributed by atoms with Crippen LogP contribution in [0.2, 0.25) is 0 Å². The lowest BCUT2D eigenvalue weighted by molar-refractivity contribution is -0.138. The average Bonchev–Trinajstić information content (AvgIpc) is 2.31. The van der Waals surface area contributed by atoms with Crippen LogP contribution in [0.25, 0.3) is 0 Å². The van der Waals surface area contributed by atoms with E-state index in [9.17, 15) is 13.6 Å². The van der Waals surface area contributed by atoms with Gasteiger partial charge in [0.1, 0.15) is 0 Å². The maximum absolute atomic E-state index is 11.4. The number of hydrogen-bond acceptors (Lipinski definition) is 2. The van der Waals surface area contributed by atoms with Crippen LogP contribution in [0.5, 0.6) is 0 Å². The molecule has 1 heterocycles. The lowest BCUT2D eigenvalue weighted by Gasteiger charge is -2.34. The number of carbonyl (C=O) groups is 1. The molecular weight excluding hydrogens is 266 g/mol. The fourth-order valence-electron chi connectivity index (χ4n) is 2.10. The van der Waals surface area contributed by atoms with Crippen LogP contribution in [0.1, 0.15) is 12.8 Å². The van der Waals surface area contributed by atoms with Crippen LogP contribution in [0.4, 0.5) is 0 Å². The topological polar surface area (TPSA) is 77.8 Å². The van der Waals surface area contributed by atoms with Gasteiger partial charge in [0.25, 0.3) is 11.3 Å². The van der Waals surface area contributed by atoms with E-state index in [1.54, 1.807) is 18.2 Å². The number of piperidine rings is 1. The fraction of sp³-hybridized carbons (Fsp3) is 0.308. The van der Waals surface area contributed by atoms with Gasteiger partial charge in [-0.3, -0.25) is 13.7 Å². The highest BCUT2D eigenvalue weighted by molar-refractivity contribution is 7.76. The second-order valence-corrected chi connectivity index (χ2v) is 5.08. The molecule has 0 amide bonds. The molecule has 5 nitrogen and oxygen atoms in total. The van der Waals surface area contributed by atoms with E-state index in [0.29, 0.717) is 12.1 Å². The van der Waals surface area contributed by atoms with Gasteiger partial charge < -0.3 is 5.11 Å². The van der Waals surface area contributed by atoms with Crippen molar-refractivity contribution in [1.82, 2.24) is 4.31 Å². The average molecular weight is 283 g/mol. The number of carboxylic acid groups (broad SMARTS) is 1. The van der Waals surface area contributed by atoms with E-state index in [4.69, 9.17) is 5.11 Å². The van der Waals surface area contributed by atoms with Crippen LogP contribution in [-0.4, -0.2) is 30.7 Å². The van der Waals surface area contributed by atoms with Gasteiger partial charge in [0.05, 0.1) is 12.1 Å². The van der Waals surface area contributed by atoms with Crippen LogP contribution in [0.15, 0.2) is 48.7 Å². The third kappa shape index (κ3) is 4.18. The molecule has 2 N–H and O–H groups in total. The summed E-state index contributed by atoms with van der Waals surface area (Å²) in [5, 5.41) is 8.85. The summed E-state index contributed by atoms with van der Waals surface area (Å²) < 4.78 is 22.0. The first-order valence-electron chi connectivity index (χ1n) is 5.74. The van der Waals surface area contributed by atoms with Crippen molar-refractivity contribution in [3.63, 3.8) is 0 Å². The van der Waals surface area contributed by atoms with Gasteiger partial charge in [-0.1, -0.05) is 31.4 Å². The minimum absolute atomic E-state index is 0.0381. The lowest BCUT2D eigenvalue weighted by atomic mass is 9.90. The summed E-state index contributed by atoms with van der Waals surface area (Å²) in [7, 11) is 0. The normalized spacial score (nSPS) is 25.3. The van der Waals surface area contributed by atoms with Crippen LogP contribution in [0.3, 0.4) is 0 Å². The molecule has 0 spiro atoms. The van der Waals surface area contributed by atoms with E-state index in [1.165, 1.54) is 10.4 Å². The molecular formula is C13H17NO4S. The van der Waals surface area contributed by atoms with Gasteiger partial charge >= 0.3 is 5.97 Å². The largest absolute Gasteiger partial charge is 0.481 e. The number of nitrogens with zero attached hydrogens (tertiary/aromatic N) is 1. The first-order chi connectivity index (χ1) is 8.99. The van der Waals surface area contributed by atoms with Gasteiger partial charge in [0.2, 0.25) is 0 Å². The monoisotopic (exact) mass is 283 g/mol. The molecule has 1 saturated heterocycles. The molecule has 6 heteroatoms. The summed E-state index contributed by atoms with van der Waals surface area (Å²) in [6.45, 7) is 7.41. The standard InChI is InChI=1S/C13H17NO4S/c1-3-5-11-7-10(8-13(15)16)9-14(19(17)18)12(11)6-4-2/h3-6,10H,1-2,7-9H2,(H,15,16)(H,17,18)/b11-5-,12-6+/t10-/m0/s1. The van der Waals surface area contributed by atoms with Crippen molar-refractivity contribution in [2.24, 2.45) is 5.92 Å². The predicted octanol–water partition coefficient (Wildman–Crippen LogP) is 2.10. The van der Waals surface area contributed by atoms with Crippen molar-refractivity contribution in [3.05, 3.63) is 48.7 Å². The Morgan fingerprint density at radius 3 is 2.53 bits per heavy atom. The van der Waals surface area contributed by atoms with E-state index < -0.39 is 17.2 Å². The van der Waals surface area contributed by atoms with Crippen LogP contribution >= 0.6 is 0 Å². The van der Waals surface area contributed by atoms with Crippen LogP contribution < -0.4 is 0 Å². The Morgan fingerprint density at radius 1 is 1.42 bits per heavy atom. The van der Waals surface area contributed by atoms with E-state index in [2.05, 4.69) is 13.2 Å². The molecule has 2 atom stereocenters. The molecule has 1 unspecified atom stereocenters. The van der Waals surface area contributed by atoms with E-state index in [1.807, 2.05) is 0 Å². The summed E-state index contributed by atoms with van der Waals surface area (Å²) in [6.07, 6.45) is 6.97. The van der Waals surface area contributed by atoms with E-state index in [-0.39, 0.29) is 18.9 Å². The summed E-state index contributed by atoms with van der Waals surface area (Å²) >= 11 is -2.19. The van der Waals surface area contributed by atoms with Crippen LogP contribution in [-0.2, 0) is 16.1 Å². The van der Waals surface area contributed by atoms with Crippen molar-refractivity contribution >= 4 is 17.2 Å². The maximum atomic E-state index is 11.4. The summed E-state index contributed by atoms with van der Waals surface area (Å²) in [6, 6.07) is 0. The molecule has 0 aromatic heterocycles. The predicted molar refractivity (Wildman–Crippen MR) is 74.4 cm³/mol.